The van der Waals surface area contributed by atoms with E-state index in [2.05, 4.69) is 32.1 Å². The van der Waals surface area contributed by atoms with E-state index in [-0.39, 0.29) is 17.5 Å². The highest BCUT2D eigenvalue weighted by Gasteiger charge is 2.15. The Morgan fingerprint density at radius 3 is 2.82 bits per heavy atom. The van der Waals surface area contributed by atoms with E-state index in [1.165, 1.54) is 35.2 Å². The minimum absolute atomic E-state index is 0.127. The minimum atomic E-state index is -0.265. The molecule has 0 saturated carbocycles. The molecule has 34 heavy (non-hydrogen) atoms. The summed E-state index contributed by atoms with van der Waals surface area (Å²) < 4.78 is 15.1. The first-order valence-electron chi connectivity index (χ1n) is 10.4. The molecule has 0 atom stereocenters. The summed E-state index contributed by atoms with van der Waals surface area (Å²) in [6.45, 7) is 4.43. The third-order valence-electron chi connectivity index (χ3n) is 5.09. The van der Waals surface area contributed by atoms with E-state index in [0.717, 1.165) is 26.9 Å². The predicted molar refractivity (Wildman–Crippen MR) is 134 cm³/mol. The SMILES string of the molecule is C=CCn1c2ccccc2c2nnc(SCC(=O)Nc3ncc(Cc4ccc(F)cc4)s3)nc21. The van der Waals surface area contributed by atoms with Crippen LogP contribution in [0.15, 0.2) is 72.5 Å². The normalized spacial score (nSPS) is 11.2. The number of amides is 1. The zero-order chi connectivity index (χ0) is 23.5. The van der Waals surface area contributed by atoms with E-state index in [0.29, 0.717) is 28.9 Å². The van der Waals surface area contributed by atoms with Crippen LogP contribution in [0.25, 0.3) is 22.1 Å². The second-order valence-corrected chi connectivity index (χ2v) is 9.51. The lowest BCUT2D eigenvalue weighted by Crippen LogP contribution is -2.14. The molecule has 3 heterocycles. The number of fused-ring (bicyclic) bond motifs is 3. The van der Waals surface area contributed by atoms with Crippen molar-refractivity contribution in [2.45, 2.75) is 18.1 Å². The van der Waals surface area contributed by atoms with Crippen molar-refractivity contribution in [3.63, 3.8) is 0 Å². The summed E-state index contributed by atoms with van der Waals surface area (Å²) in [5, 5.41) is 13.3. The zero-order valence-corrected chi connectivity index (χ0v) is 19.6. The molecule has 0 spiro atoms. The highest BCUT2D eigenvalue weighted by molar-refractivity contribution is 7.99. The number of allylic oxidation sites excluding steroid dienone is 1. The summed E-state index contributed by atoms with van der Waals surface area (Å²) in [6.07, 6.45) is 4.16. The summed E-state index contributed by atoms with van der Waals surface area (Å²) >= 11 is 2.61. The Morgan fingerprint density at radius 2 is 2.00 bits per heavy atom. The standard InChI is InChI=1S/C24H19FN6OS2/c1-2-11-31-19-6-4-3-5-18(19)21-22(31)28-24(30-29-21)33-14-20(32)27-23-26-13-17(34-23)12-15-7-9-16(25)10-8-15/h2-10,13H,1,11-12,14H2,(H,26,27,32). The highest BCUT2D eigenvalue weighted by Crippen LogP contribution is 2.27. The first-order chi connectivity index (χ1) is 16.6. The number of hydrogen-bond acceptors (Lipinski definition) is 7. The van der Waals surface area contributed by atoms with Crippen molar-refractivity contribution in [1.29, 1.82) is 0 Å². The molecule has 0 bridgehead atoms. The van der Waals surface area contributed by atoms with Crippen LogP contribution >= 0.6 is 23.1 Å². The van der Waals surface area contributed by atoms with Gasteiger partial charge in [-0.15, -0.1) is 28.1 Å². The third kappa shape index (κ3) is 4.68. The van der Waals surface area contributed by atoms with E-state index in [1.807, 2.05) is 34.9 Å². The number of rotatable bonds is 8. The first-order valence-corrected chi connectivity index (χ1v) is 12.3. The average Bonchev–Trinajstić information content (AvgIpc) is 3.41. The number of thiazole rings is 1. The van der Waals surface area contributed by atoms with Gasteiger partial charge >= 0.3 is 0 Å². The number of thioether (sulfide) groups is 1. The van der Waals surface area contributed by atoms with E-state index < -0.39 is 0 Å². The van der Waals surface area contributed by atoms with Gasteiger partial charge in [0.05, 0.1) is 11.3 Å². The maximum Gasteiger partial charge on any atom is 0.236 e. The van der Waals surface area contributed by atoms with Crippen LogP contribution in [-0.2, 0) is 17.8 Å². The fourth-order valence-electron chi connectivity index (χ4n) is 3.60. The Balaban J connectivity index is 1.25. The number of carbonyl (C=O) groups excluding carboxylic acids is 1. The molecule has 5 aromatic rings. The molecule has 1 N–H and O–H groups in total. The van der Waals surface area contributed by atoms with E-state index in [1.54, 1.807) is 18.3 Å². The lowest BCUT2D eigenvalue weighted by molar-refractivity contribution is -0.113. The van der Waals surface area contributed by atoms with Crippen molar-refractivity contribution in [2.75, 3.05) is 11.1 Å². The number of hydrogen-bond donors (Lipinski definition) is 1. The van der Waals surface area contributed by atoms with Gasteiger partial charge in [-0.3, -0.25) is 4.79 Å². The predicted octanol–water partition coefficient (Wildman–Crippen LogP) is 5.08. The molecule has 2 aromatic carbocycles. The molecule has 7 nitrogen and oxygen atoms in total. The van der Waals surface area contributed by atoms with Crippen LogP contribution in [0.4, 0.5) is 9.52 Å². The molecular weight excluding hydrogens is 471 g/mol. The molecule has 0 unspecified atom stereocenters. The third-order valence-corrected chi connectivity index (χ3v) is 6.84. The Kier molecular flexibility index (Phi) is 6.33. The molecule has 0 saturated heterocycles. The van der Waals surface area contributed by atoms with Gasteiger partial charge in [-0.1, -0.05) is 48.2 Å². The van der Waals surface area contributed by atoms with Gasteiger partial charge in [-0.05, 0) is 23.8 Å². The smallest absolute Gasteiger partial charge is 0.236 e. The van der Waals surface area contributed by atoms with Gasteiger partial charge in [0.1, 0.15) is 11.3 Å². The number of carbonyl (C=O) groups is 1. The number of para-hydroxylation sites is 1. The molecule has 0 aliphatic heterocycles. The fraction of sp³-hybridized carbons (Fsp3) is 0.125. The molecule has 0 aliphatic carbocycles. The summed E-state index contributed by atoms with van der Waals surface area (Å²) in [5.41, 5.74) is 3.43. The van der Waals surface area contributed by atoms with Crippen molar-refractivity contribution in [3.8, 4) is 0 Å². The van der Waals surface area contributed by atoms with Gasteiger partial charge in [-0.2, -0.15) is 0 Å². The maximum atomic E-state index is 13.1. The van der Waals surface area contributed by atoms with E-state index in [9.17, 15) is 9.18 Å². The number of anilines is 1. The topological polar surface area (TPSA) is 85.6 Å². The fourth-order valence-corrected chi connectivity index (χ4v) is 5.05. The number of halogens is 1. The van der Waals surface area contributed by atoms with Crippen LogP contribution in [0.1, 0.15) is 10.4 Å². The monoisotopic (exact) mass is 490 g/mol. The summed E-state index contributed by atoms with van der Waals surface area (Å²) in [4.78, 5) is 22.4. The average molecular weight is 491 g/mol. The minimum Gasteiger partial charge on any atom is -0.320 e. The van der Waals surface area contributed by atoms with Gasteiger partial charge in [0.15, 0.2) is 10.8 Å². The lowest BCUT2D eigenvalue weighted by Gasteiger charge is -2.03. The van der Waals surface area contributed by atoms with Crippen molar-refractivity contribution in [3.05, 3.63) is 83.6 Å². The van der Waals surface area contributed by atoms with Crippen LogP contribution < -0.4 is 5.32 Å². The number of nitrogens with zero attached hydrogens (tertiary/aromatic N) is 5. The Morgan fingerprint density at radius 1 is 1.18 bits per heavy atom. The summed E-state index contributed by atoms with van der Waals surface area (Å²) in [7, 11) is 0. The Labute approximate surface area is 202 Å². The summed E-state index contributed by atoms with van der Waals surface area (Å²) in [6, 6.07) is 14.3. The van der Waals surface area contributed by atoms with Crippen molar-refractivity contribution < 1.29 is 9.18 Å². The second-order valence-electron chi connectivity index (χ2n) is 7.45. The van der Waals surface area contributed by atoms with Crippen LogP contribution in [0.2, 0.25) is 0 Å². The van der Waals surface area contributed by atoms with E-state index in [4.69, 9.17) is 0 Å². The van der Waals surface area contributed by atoms with Gasteiger partial charge in [-0.25, -0.2) is 14.4 Å². The molecule has 10 heteroatoms. The molecular formula is C24H19FN6OS2. The van der Waals surface area contributed by atoms with Crippen molar-refractivity contribution in [2.24, 2.45) is 0 Å². The number of nitrogens with one attached hydrogen (secondary N) is 1. The highest BCUT2D eigenvalue weighted by atomic mass is 32.2. The van der Waals surface area contributed by atoms with Crippen LogP contribution in [0.5, 0.6) is 0 Å². The van der Waals surface area contributed by atoms with Gasteiger partial charge < -0.3 is 9.88 Å². The molecule has 1 amide bonds. The maximum absolute atomic E-state index is 13.1. The van der Waals surface area contributed by atoms with Crippen molar-refractivity contribution >= 4 is 56.2 Å². The van der Waals surface area contributed by atoms with Crippen LogP contribution in [-0.4, -0.2) is 36.4 Å². The zero-order valence-electron chi connectivity index (χ0n) is 17.9. The first kappa shape index (κ1) is 22.2. The quantitative estimate of drug-likeness (QED) is 0.241. The molecule has 0 radical (unpaired) electrons. The number of aromatic nitrogens is 5. The molecule has 5 rings (SSSR count). The van der Waals surface area contributed by atoms with Gasteiger partial charge in [0.25, 0.3) is 0 Å². The lowest BCUT2D eigenvalue weighted by atomic mass is 10.1. The second kappa shape index (κ2) is 9.70. The molecule has 3 aromatic heterocycles. The van der Waals surface area contributed by atoms with Gasteiger partial charge in [0.2, 0.25) is 11.1 Å². The van der Waals surface area contributed by atoms with Crippen molar-refractivity contribution in [1.82, 2.24) is 24.7 Å². The Hall–Kier alpha value is -3.63. The summed E-state index contributed by atoms with van der Waals surface area (Å²) in [5.74, 6) is -0.344. The van der Waals surface area contributed by atoms with E-state index >= 15 is 0 Å². The Bertz CT molecular complexity index is 1490. The molecule has 0 aliphatic rings. The number of benzene rings is 2. The molecule has 170 valence electrons. The van der Waals surface area contributed by atoms with Crippen LogP contribution in [0, 0.1) is 5.82 Å². The van der Waals surface area contributed by atoms with Crippen LogP contribution in [0.3, 0.4) is 0 Å². The largest absolute Gasteiger partial charge is 0.320 e. The molecule has 0 fully saturated rings. The van der Waals surface area contributed by atoms with Gasteiger partial charge in [0, 0.05) is 29.4 Å².